The van der Waals surface area contributed by atoms with Gasteiger partial charge in [-0.25, -0.2) is 0 Å². The van der Waals surface area contributed by atoms with Gasteiger partial charge in [0.15, 0.2) is 0 Å². The molecule has 20 heavy (non-hydrogen) atoms. The summed E-state index contributed by atoms with van der Waals surface area (Å²) >= 11 is 0. The Balaban J connectivity index is 1.87. The Kier molecular flexibility index (Phi) is 5.60. The molecular formula is C17H26N2O. The van der Waals surface area contributed by atoms with E-state index in [1.807, 2.05) is 12.1 Å². The highest BCUT2D eigenvalue weighted by molar-refractivity contribution is 5.92. The van der Waals surface area contributed by atoms with Crippen LogP contribution < -0.4 is 5.32 Å². The van der Waals surface area contributed by atoms with Crippen LogP contribution in [0.15, 0.2) is 24.3 Å². The summed E-state index contributed by atoms with van der Waals surface area (Å²) in [4.78, 5) is 14.5. The van der Waals surface area contributed by atoms with Crippen LogP contribution >= 0.6 is 0 Å². The number of likely N-dealkylation sites (tertiary alicyclic amines) is 1. The fraction of sp³-hybridized carbons (Fsp3) is 0.588. The quantitative estimate of drug-likeness (QED) is 0.893. The predicted molar refractivity (Wildman–Crippen MR) is 83.9 cm³/mol. The highest BCUT2D eigenvalue weighted by Gasteiger charge is 2.23. The molecule has 1 saturated heterocycles. The van der Waals surface area contributed by atoms with Gasteiger partial charge in [0.05, 0.1) is 5.92 Å². The van der Waals surface area contributed by atoms with E-state index >= 15 is 0 Å². The van der Waals surface area contributed by atoms with Gasteiger partial charge >= 0.3 is 0 Å². The molecule has 1 fully saturated rings. The Labute approximate surface area is 122 Å². The molecule has 2 rings (SSSR count). The molecule has 0 aromatic heterocycles. The number of carbonyl (C=O) groups is 1. The number of rotatable bonds is 5. The van der Waals surface area contributed by atoms with E-state index in [1.165, 1.54) is 18.4 Å². The van der Waals surface area contributed by atoms with E-state index in [4.69, 9.17) is 0 Å². The number of hydrogen-bond donors (Lipinski definition) is 1. The number of benzene rings is 1. The minimum Gasteiger partial charge on any atom is -0.326 e. The lowest BCUT2D eigenvalue weighted by atomic mass is 9.97. The van der Waals surface area contributed by atoms with Crippen LogP contribution in [0.3, 0.4) is 0 Å². The summed E-state index contributed by atoms with van der Waals surface area (Å²) in [6.07, 6.45) is 5.68. The molecule has 0 radical (unpaired) electrons. The average Bonchev–Trinajstić information content (AvgIpc) is 2.46. The number of carbonyl (C=O) groups excluding carboxylic acids is 1. The second-order valence-corrected chi connectivity index (χ2v) is 5.89. The molecule has 1 heterocycles. The molecule has 1 atom stereocenters. The number of unbranched alkanes of at least 4 members (excludes halogenated alkanes) is 1. The van der Waals surface area contributed by atoms with E-state index in [-0.39, 0.29) is 11.8 Å². The van der Waals surface area contributed by atoms with E-state index in [1.54, 1.807) is 0 Å². The molecule has 1 aliphatic heterocycles. The number of piperidine rings is 1. The zero-order valence-electron chi connectivity index (χ0n) is 12.7. The Morgan fingerprint density at radius 1 is 1.35 bits per heavy atom. The molecule has 3 heteroatoms. The van der Waals surface area contributed by atoms with Crippen molar-refractivity contribution in [2.24, 2.45) is 5.92 Å². The smallest absolute Gasteiger partial charge is 0.228 e. The molecule has 3 nitrogen and oxygen atoms in total. The summed E-state index contributed by atoms with van der Waals surface area (Å²) in [6, 6.07) is 8.29. The molecule has 1 aromatic carbocycles. The topological polar surface area (TPSA) is 32.3 Å². The standard InChI is InChI=1S/C17H26N2O/c1-3-4-6-14-8-10-16(11-9-14)18-17(20)15-7-5-12-19(2)13-15/h8-11,15H,3-7,12-13H2,1-2H3,(H,18,20)/t15-/m0/s1. The Bertz CT molecular complexity index is 427. The Morgan fingerprint density at radius 3 is 2.75 bits per heavy atom. The second kappa shape index (κ2) is 7.44. The van der Waals surface area contributed by atoms with Crippen molar-refractivity contribution < 1.29 is 4.79 Å². The van der Waals surface area contributed by atoms with Gasteiger partial charge in [-0.15, -0.1) is 0 Å². The molecule has 0 bridgehead atoms. The number of anilines is 1. The van der Waals surface area contributed by atoms with Crippen LogP contribution in [0.2, 0.25) is 0 Å². The predicted octanol–water partition coefficient (Wildman–Crippen LogP) is 3.31. The van der Waals surface area contributed by atoms with Gasteiger partial charge in [-0.2, -0.15) is 0 Å². The summed E-state index contributed by atoms with van der Waals surface area (Å²) < 4.78 is 0. The van der Waals surface area contributed by atoms with Gasteiger partial charge in [0.25, 0.3) is 0 Å². The van der Waals surface area contributed by atoms with E-state index < -0.39 is 0 Å². The van der Waals surface area contributed by atoms with Crippen LogP contribution in [0.25, 0.3) is 0 Å². The van der Waals surface area contributed by atoms with Crippen molar-refractivity contribution in [2.75, 3.05) is 25.5 Å². The number of aryl methyl sites for hydroxylation is 1. The summed E-state index contributed by atoms with van der Waals surface area (Å²) in [5.41, 5.74) is 2.27. The van der Waals surface area contributed by atoms with Crippen LogP contribution in [0.4, 0.5) is 5.69 Å². The number of hydrogen-bond acceptors (Lipinski definition) is 2. The number of nitrogens with one attached hydrogen (secondary N) is 1. The maximum absolute atomic E-state index is 12.2. The largest absolute Gasteiger partial charge is 0.326 e. The second-order valence-electron chi connectivity index (χ2n) is 5.89. The first kappa shape index (κ1) is 15.0. The fourth-order valence-corrected chi connectivity index (χ4v) is 2.76. The molecule has 1 aliphatic rings. The highest BCUT2D eigenvalue weighted by Crippen LogP contribution is 2.18. The van der Waals surface area contributed by atoms with Crippen molar-refractivity contribution in [3.63, 3.8) is 0 Å². The minimum atomic E-state index is 0.133. The first-order chi connectivity index (χ1) is 9.69. The van der Waals surface area contributed by atoms with Gasteiger partial charge < -0.3 is 10.2 Å². The molecule has 0 aliphatic carbocycles. The zero-order chi connectivity index (χ0) is 14.4. The van der Waals surface area contributed by atoms with Crippen LogP contribution in [-0.2, 0) is 11.2 Å². The van der Waals surface area contributed by atoms with Gasteiger partial charge in [-0.05, 0) is 57.0 Å². The minimum absolute atomic E-state index is 0.133. The van der Waals surface area contributed by atoms with Crippen molar-refractivity contribution in [2.45, 2.75) is 39.0 Å². The van der Waals surface area contributed by atoms with Crippen molar-refractivity contribution in [1.82, 2.24) is 4.90 Å². The van der Waals surface area contributed by atoms with Crippen molar-refractivity contribution in [3.05, 3.63) is 29.8 Å². The molecule has 0 spiro atoms. The van der Waals surface area contributed by atoms with Gasteiger partial charge in [-0.3, -0.25) is 4.79 Å². The third-order valence-electron chi connectivity index (χ3n) is 4.04. The van der Waals surface area contributed by atoms with Gasteiger partial charge in [0, 0.05) is 12.2 Å². The van der Waals surface area contributed by atoms with Crippen LogP contribution in [0, 0.1) is 5.92 Å². The van der Waals surface area contributed by atoms with Gasteiger partial charge in [-0.1, -0.05) is 25.5 Å². The summed E-state index contributed by atoms with van der Waals surface area (Å²) in [7, 11) is 2.09. The summed E-state index contributed by atoms with van der Waals surface area (Å²) in [5, 5.41) is 3.05. The lowest BCUT2D eigenvalue weighted by molar-refractivity contribution is -0.121. The molecule has 1 amide bonds. The molecular weight excluding hydrogens is 248 g/mol. The third-order valence-corrected chi connectivity index (χ3v) is 4.04. The van der Waals surface area contributed by atoms with E-state index in [9.17, 15) is 4.79 Å². The first-order valence-electron chi connectivity index (χ1n) is 7.77. The number of nitrogens with zero attached hydrogens (tertiary/aromatic N) is 1. The van der Waals surface area contributed by atoms with Gasteiger partial charge in [0.1, 0.15) is 0 Å². The highest BCUT2D eigenvalue weighted by atomic mass is 16.1. The van der Waals surface area contributed by atoms with Crippen molar-refractivity contribution >= 4 is 11.6 Å². The number of amides is 1. The van der Waals surface area contributed by atoms with E-state index in [2.05, 4.69) is 36.3 Å². The van der Waals surface area contributed by atoms with Crippen LogP contribution in [-0.4, -0.2) is 30.9 Å². The lowest BCUT2D eigenvalue weighted by Gasteiger charge is -2.28. The van der Waals surface area contributed by atoms with E-state index in [0.29, 0.717) is 0 Å². The summed E-state index contributed by atoms with van der Waals surface area (Å²) in [6.45, 7) is 4.19. The maximum atomic E-state index is 12.2. The molecule has 1 N–H and O–H groups in total. The van der Waals surface area contributed by atoms with E-state index in [0.717, 1.165) is 38.0 Å². The molecule has 1 aromatic rings. The monoisotopic (exact) mass is 274 g/mol. The fourth-order valence-electron chi connectivity index (χ4n) is 2.76. The average molecular weight is 274 g/mol. The summed E-state index contributed by atoms with van der Waals surface area (Å²) in [5.74, 6) is 0.298. The third kappa shape index (κ3) is 4.34. The molecule has 110 valence electrons. The maximum Gasteiger partial charge on any atom is 0.228 e. The first-order valence-corrected chi connectivity index (χ1v) is 7.77. The Morgan fingerprint density at radius 2 is 2.10 bits per heavy atom. The molecule has 0 unspecified atom stereocenters. The lowest BCUT2D eigenvalue weighted by Crippen LogP contribution is -2.38. The van der Waals surface area contributed by atoms with Gasteiger partial charge in [0.2, 0.25) is 5.91 Å². The van der Waals surface area contributed by atoms with Crippen LogP contribution in [0.5, 0.6) is 0 Å². The normalized spacial score (nSPS) is 19.8. The van der Waals surface area contributed by atoms with Crippen molar-refractivity contribution in [1.29, 1.82) is 0 Å². The zero-order valence-corrected chi connectivity index (χ0v) is 12.7. The van der Waals surface area contributed by atoms with Crippen LogP contribution in [0.1, 0.15) is 38.2 Å². The SMILES string of the molecule is CCCCc1ccc(NC(=O)[C@H]2CCCN(C)C2)cc1. The van der Waals surface area contributed by atoms with Crippen molar-refractivity contribution in [3.8, 4) is 0 Å². The Hall–Kier alpha value is -1.35. The molecule has 0 saturated carbocycles.